The minimum absolute atomic E-state index is 0.00370. The number of benzene rings is 1. The molecule has 1 aromatic carbocycles. The lowest BCUT2D eigenvalue weighted by molar-refractivity contribution is -0.117. The van der Waals surface area contributed by atoms with Crippen molar-refractivity contribution in [1.29, 1.82) is 0 Å². The summed E-state index contributed by atoms with van der Waals surface area (Å²) in [5, 5.41) is 16.4. The van der Waals surface area contributed by atoms with Crippen LogP contribution in [0.5, 0.6) is 5.75 Å². The number of phenols is 1. The lowest BCUT2D eigenvalue weighted by Gasteiger charge is -2.15. The fourth-order valence-electron chi connectivity index (χ4n) is 3.13. The number of carbonyl (C=O) groups is 1. The first-order valence-corrected chi connectivity index (χ1v) is 7.87. The highest BCUT2D eigenvalue weighted by atomic mass is 16.3. The molecule has 2 N–H and O–H groups in total. The first kappa shape index (κ1) is 15.6. The van der Waals surface area contributed by atoms with Gasteiger partial charge in [0.05, 0.1) is 18.4 Å². The summed E-state index contributed by atoms with van der Waals surface area (Å²) < 4.78 is 1.66. The highest BCUT2D eigenvalue weighted by Gasteiger charge is 2.24. The number of nitrogens with one attached hydrogen (secondary N) is 1. The highest BCUT2D eigenvalue weighted by molar-refractivity contribution is 5.91. The Kier molecular flexibility index (Phi) is 4.62. The third-order valence-corrected chi connectivity index (χ3v) is 4.16. The SMILES string of the molecule is Cn1cc(NC(=O)CN2CCC(Cc3cccc(O)c3)C2)cn1. The van der Waals surface area contributed by atoms with E-state index in [0.29, 0.717) is 18.2 Å². The first-order valence-electron chi connectivity index (χ1n) is 7.87. The fraction of sp³-hybridized carbons (Fsp3) is 0.412. The molecule has 122 valence electrons. The van der Waals surface area contributed by atoms with Crippen LogP contribution in [0.1, 0.15) is 12.0 Å². The summed E-state index contributed by atoms with van der Waals surface area (Å²) >= 11 is 0. The maximum absolute atomic E-state index is 12.1. The molecule has 0 radical (unpaired) electrons. The van der Waals surface area contributed by atoms with Gasteiger partial charge in [-0.1, -0.05) is 12.1 Å². The number of rotatable bonds is 5. The van der Waals surface area contributed by atoms with Crippen LogP contribution in [0.4, 0.5) is 5.69 Å². The third-order valence-electron chi connectivity index (χ3n) is 4.16. The highest BCUT2D eigenvalue weighted by Crippen LogP contribution is 2.22. The van der Waals surface area contributed by atoms with Crippen molar-refractivity contribution in [1.82, 2.24) is 14.7 Å². The summed E-state index contributed by atoms with van der Waals surface area (Å²) in [6, 6.07) is 7.42. The van der Waals surface area contributed by atoms with Gasteiger partial charge in [-0.2, -0.15) is 5.10 Å². The maximum atomic E-state index is 12.1. The van der Waals surface area contributed by atoms with Crippen LogP contribution < -0.4 is 5.32 Å². The van der Waals surface area contributed by atoms with Crippen molar-refractivity contribution in [2.24, 2.45) is 13.0 Å². The van der Waals surface area contributed by atoms with Crippen LogP contribution in [0.25, 0.3) is 0 Å². The number of phenolic OH excluding ortho intramolecular Hbond substituents is 1. The zero-order valence-electron chi connectivity index (χ0n) is 13.3. The van der Waals surface area contributed by atoms with Crippen LogP contribution in [0, 0.1) is 5.92 Å². The predicted octanol–water partition coefficient (Wildman–Crippen LogP) is 1.63. The van der Waals surface area contributed by atoms with Crippen molar-refractivity contribution in [2.75, 3.05) is 25.0 Å². The van der Waals surface area contributed by atoms with E-state index in [-0.39, 0.29) is 5.91 Å². The van der Waals surface area contributed by atoms with Crippen molar-refractivity contribution in [3.8, 4) is 5.75 Å². The number of aromatic nitrogens is 2. The zero-order chi connectivity index (χ0) is 16.2. The average molecular weight is 314 g/mol. The van der Waals surface area contributed by atoms with Crippen molar-refractivity contribution in [2.45, 2.75) is 12.8 Å². The monoisotopic (exact) mass is 314 g/mol. The van der Waals surface area contributed by atoms with E-state index in [4.69, 9.17) is 0 Å². The topological polar surface area (TPSA) is 70.4 Å². The summed E-state index contributed by atoms with van der Waals surface area (Å²) in [6.07, 6.45) is 5.45. The quantitative estimate of drug-likeness (QED) is 0.880. The van der Waals surface area contributed by atoms with Crippen molar-refractivity contribution in [3.63, 3.8) is 0 Å². The second-order valence-electron chi connectivity index (χ2n) is 6.21. The van der Waals surface area contributed by atoms with Gasteiger partial charge in [0.25, 0.3) is 0 Å². The lowest BCUT2D eigenvalue weighted by atomic mass is 9.99. The molecule has 6 nitrogen and oxygen atoms in total. The van der Waals surface area contributed by atoms with Crippen molar-refractivity contribution >= 4 is 11.6 Å². The molecule has 3 rings (SSSR count). The molecule has 1 aromatic heterocycles. The largest absolute Gasteiger partial charge is 0.508 e. The Hall–Kier alpha value is -2.34. The van der Waals surface area contributed by atoms with E-state index in [9.17, 15) is 9.90 Å². The van der Waals surface area contributed by atoms with Crippen LogP contribution in [0.3, 0.4) is 0 Å². The molecule has 23 heavy (non-hydrogen) atoms. The van der Waals surface area contributed by atoms with Gasteiger partial charge < -0.3 is 10.4 Å². The molecule has 6 heteroatoms. The molecule has 2 aromatic rings. The molecule has 0 bridgehead atoms. The third kappa shape index (κ3) is 4.32. The van der Waals surface area contributed by atoms with Gasteiger partial charge >= 0.3 is 0 Å². The average Bonchev–Trinajstić information content (AvgIpc) is 3.08. The smallest absolute Gasteiger partial charge is 0.238 e. The van der Waals surface area contributed by atoms with Gasteiger partial charge in [-0.25, -0.2) is 0 Å². The van der Waals surface area contributed by atoms with Gasteiger partial charge in [0.1, 0.15) is 5.75 Å². The van der Waals surface area contributed by atoms with E-state index in [2.05, 4.69) is 15.3 Å². The Labute approximate surface area is 135 Å². The van der Waals surface area contributed by atoms with Gasteiger partial charge in [-0.15, -0.1) is 0 Å². The Bertz CT molecular complexity index is 683. The van der Waals surface area contributed by atoms with E-state index in [1.807, 2.05) is 25.2 Å². The van der Waals surface area contributed by atoms with Crippen molar-refractivity contribution < 1.29 is 9.90 Å². The normalized spacial score (nSPS) is 18.2. The molecule has 0 spiro atoms. The summed E-state index contributed by atoms with van der Waals surface area (Å²) in [5.41, 5.74) is 1.88. The van der Waals surface area contributed by atoms with Crippen LogP contribution in [0.15, 0.2) is 36.7 Å². The number of anilines is 1. The fourth-order valence-corrected chi connectivity index (χ4v) is 3.13. The van der Waals surface area contributed by atoms with E-state index in [0.717, 1.165) is 37.2 Å². The molecule has 1 saturated heterocycles. The Morgan fingerprint density at radius 2 is 2.35 bits per heavy atom. The van der Waals surface area contributed by atoms with Crippen LogP contribution in [-0.2, 0) is 18.3 Å². The number of carbonyl (C=O) groups excluding carboxylic acids is 1. The Morgan fingerprint density at radius 3 is 3.09 bits per heavy atom. The van der Waals surface area contributed by atoms with E-state index >= 15 is 0 Å². The summed E-state index contributed by atoms with van der Waals surface area (Å²) in [4.78, 5) is 14.2. The van der Waals surface area contributed by atoms with E-state index in [1.165, 1.54) is 0 Å². The Balaban J connectivity index is 1.47. The summed E-state index contributed by atoms with van der Waals surface area (Å²) in [7, 11) is 1.82. The molecular weight excluding hydrogens is 292 g/mol. The number of aromatic hydroxyl groups is 1. The lowest BCUT2D eigenvalue weighted by Crippen LogP contribution is -2.31. The number of nitrogens with zero attached hydrogens (tertiary/aromatic N) is 3. The number of hydrogen-bond acceptors (Lipinski definition) is 4. The van der Waals surface area contributed by atoms with Crippen LogP contribution >= 0.6 is 0 Å². The number of hydrogen-bond donors (Lipinski definition) is 2. The van der Waals surface area contributed by atoms with Crippen LogP contribution in [-0.4, -0.2) is 45.3 Å². The second kappa shape index (κ2) is 6.83. The molecule has 0 saturated carbocycles. The maximum Gasteiger partial charge on any atom is 0.238 e. The van der Waals surface area contributed by atoms with Gasteiger partial charge in [-0.05, 0) is 43.0 Å². The molecule has 1 aliphatic rings. The molecule has 1 fully saturated rings. The van der Waals surface area contributed by atoms with Gasteiger partial charge in [-0.3, -0.25) is 14.4 Å². The van der Waals surface area contributed by atoms with E-state index < -0.39 is 0 Å². The predicted molar refractivity (Wildman–Crippen MR) is 88.2 cm³/mol. The first-order chi connectivity index (χ1) is 11.1. The molecule has 1 aliphatic heterocycles. The molecular formula is C17H22N4O2. The molecule has 0 aliphatic carbocycles. The number of likely N-dealkylation sites (tertiary alicyclic amines) is 1. The Morgan fingerprint density at radius 1 is 1.48 bits per heavy atom. The van der Waals surface area contributed by atoms with Gasteiger partial charge in [0, 0.05) is 19.8 Å². The van der Waals surface area contributed by atoms with Crippen LogP contribution in [0.2, 0.25) is 0 Å². The number of amides is 1. The zero-order valence-corrected chi connectivity index (χ0v) is 13.3. The summed E-state index contributed by atoms with van der Waals surface area (Å²) in [6.45, 7) is 2.26. The molecule has 1 atom stereocenters. The second-order valence-corrected chi connectivity index (χ2v) is 6.21. The summed E-state index contributed by atoms with van der Waals surface area (Å²) in [5.74, 6) is 0.840. The minimum Gasteiger partial charge on any atom is -0.508 e. The standard InChI is InChI=1S/C17H22N4O2/c1-20-11-15(9-18-20)19-17(23)12-21-6-5-14(10-21)7-13-3-2-4-16(22)8-13/h2-4,8-9,11,14,22H,5-7,10,12H2,1H3,(H,19,23). The van der Waals surface area contributed by atoms with E-state index in [1.54, 1.807) is 23.1 Å². The molecule has 2 heterocycles. The minimum atomic E-state index is -0.00370. The van der Waals surface area contributed by atoms with Gasteiger partial charge in [0.15, 0.2) is 0 Å². The molecule has 1 amide bonds. The van der Waals surface area contributed by atoms with Crippen molar-refractivity contribution in [3.05, 3.63) is 42.2 Å². The molecule has 1 unspecified atom stereocenters. The van der Waals surface area contributed by atoms with Gasteiger partial charge in [0.2, 0.25) is 5.91 Å². The number of aryl methyl sites for hydroxylation is 1.